The highest BCUT2D eigenvalue weighted by atomic mass is 16.5. The van der Waals surface area contributed by atoms with Crippen molar-refractivity contribution in [2.75, 3.05) is 26.7 Å². The molecular formula is C15H25N3O. The number of nitrogens with one attached hydrogen (secondary N) is 1. The number of ether oxygens (including phenoxy) is 1. The summed E-state index contributed by atoms with van der Waals surface area (Å²) in [5.74, 6) is 0.706. The summed E-state index contributed by atoms with van der Waals surface area (Å²) in [6.45, 7) is 6.52. The van der Waals surface area contributed by atoms with Gasteiger partial charge < -0.3 is 10.1 Å². The van der Waals surface area contributed by atoms with Gasteiger partial charge in [0.05, 0.1) is 12.8 Å². The van der Waals surface area contributed by atoms with Crippen molar-refractivity contribution in [1.29, 1.82) is 0 Å². The van der Waals surface area contributed by atoms with Gasteiger partial charge in [-0.15, -0.1) is 0 Å². The molecule has 1 aromatic heterocycles. The third-order valence-electron chi connectivity index (χ3n) is 3.66. The fourth-order valence-electron chi connectivity index (χ4n) is 2.65. The van der Waals surface area contributed by atoms with E-state index in [0.717, 1.165) is 25.3 Å². The minimum Gasteiger partial charge on any atom is -0.481 e. The molecule has 1 unspecified atom stereocenters. The van der Waals surface area contributed by atoms with E-state index in [0.29, 0.717) is 11.9 Å². The minimum atomic E-state index is 0.652. The largest absolute Gasteiger partial charge is 0.481 e. The summed E-state index contributed by atoms with van der Waals surface area (Å²) in [4.78, 5) is 7.03. The van der Waals surface area contributed by atoms with Gasteiger partial charge in [0.15, 0.2) is 0 Å². The first-order valence-corrected chi connectivity index (χ1v) is 7.28. The Labute approximate surface area is 116 Å². The van der Waals surface area contributed by atoms with Crippen molar-refractivity contribution in [3.05, 3.63) is 23.9 Å². The van der Waals surface area contributed by atoms with Crippen molar-refractivity contribution in [2.45, 2.75) is 38.8 Å². The number of hydrogen-bond acceptors (Lipinski definition) is 4. The molecule has 1 aromatic rings. The van der Waals surface area contributed by atoms with Crippen LogP contribution in [0.5, 0.6) is 5.88 Å². The highest BCUT2D eigenvalue weighted by Crippen LogP contribution is 2.19. The monoisotopic (exact) mass is 263 g/mol. The van der Waals surface area contributed by atoms with E-state index in [1.54, 1.807) is 7.11 Å². The van der Waals surface area contributed by atoms with Crippen LogP contribution in [0.3, 0.4) is 0 Å². The predicted molar refractivity (Wildman–Crippen MR) is 77.4 cm³/mol. The maximum atomic E-state index is 5.18. The minimum absolute atomic E-state index is 0.652. The van der Waals surface area contributed by atoms with Crippen molar-refractivity contribution in [1.82, 2.24) is 15.2 Å². The smallest absolute Gasteiger partial charge is 0.213 e. The fourth-order valence-corrected chi connectivity index (χ4v) is 2.65. The molecule has 4 heteroatoms. The van der Waals surface area contributed by atoms with E-state index >= 15 is 0 Å². The first-order chi connectivity index (χ1) is 9.33. The molecule has 1 saturated heterocycles. The van der Waals surface area contributed by atoms with Gasteiger partial charge in [-0.05, 0) is 38.4 Å². The molecule has 2 heterocycles. The molecule has 0 bridgehead atoms. The van der Waals surface area contributed by atoms with Crippen LogP contribution in [0.1, 0.15) is 31.9 Å². The van der Waals surface area contributed by atoms with Crippen molar-refractivity contribution >= 4 is 0 Å². The van der Waals surface area contributed by atoms with Crippen LogP contribution < -0.4 is 10.1 Å². The lowest BCUT2D eigenvalue weighted by molar-refractivity contribution is 0.236. The van der Waals surface area contributed by atoms with E-state index in [1.165, 1.54) is 25.8 Å². The molecule has 0 saturated carbocycles. The van der Waals surface area contributed by atoms with Gasteiger partial charge in [-0.2, -0.15) is 0 Å². The number of methoxy groups -OCH3 is 1. The van der Waals surface area contributed by atoms with Crippen LogP contribution in [0.2, 0.25) is 0 Å². The van der Waals surface area contributed by atoms with Crippen LogP contribution in [-0.2, 0) is 6.54 Å². The number of aromatic nitrogens is 1. The molecule has 2 rings (SSSR count). The lowest BCUT2D eigenvalue weighted by Gasteiger charge is -2.24. The van der Waals surface area contributed by atoms with Gasteiger partial charge in [-0.3, -0.25) is 4.90 Å². The topological polar surface area (TPSA) is 37.4 Å². The maximum absolute atomic E-state index is 5.18. The summed E-state index contributed by atoms with van der Waals surface area (Å²) in [6, 6.07) is 6.65. The van der Waals surface area contributed by atoms with E-state index in [4.69, 9.17) is 4.74 Å². The van der Waals surface area contributed by atoms with Gasteiger partial charge in [0, 0.05) is 25.2 Å². The first kappa shape index (κ1) is 14.3. The summed E-state index contributed by atoms with van der Waals surface area (Å²) in [5.41, 5.74) is 1.10. The van der Waals surface area contributed by atoms with Gasteiger partial charge >= 0.3 is 0 Å². The Balaban J connectivity index is 1.89. The van der Waals surface area contributed by atoms with Crippen LogP contribution in [0.4, 0.5) is 0 Å². The van der Waals surface area contributed by atoms with Gasteiger partial charge in [-0.1, -0.05) is 13.0 Å². The molecule has 1 aliphatic heterocycles. The number of nitrogens with zero attached hydrogens (tertiary/aromatic N) is 2. The Hall–Kier alpha value is -1.13. The third-order valence-corrected chi connectivity index (χ3v) is 3.66. The number of pyridine rings is 1. The molecule has 4 nitrogen and oxygen atoms in total. The second-order valence-electron chi connectivity index (χ2n) is 5.14. The quantitative estimate of drug-likeness (QED) is 0.764. The zero-order chi connectivity index (χ0) is 13.5. The van der Waals surface area contributed by atoms with Crippen LogP contribution in [-0.4, -0.2) is 42.7 Å². The number of likely N-dealkylation sites (tertiary alicyclic amines) is 1. The molecule has 0 amide bonds. The lowest BCUT2D eigenvalue weighted by Crippen LogP contribution is -2.37. The Morgan fingerprint density at radius 1 is 1.47 bits per heavy atom. The van der Waals surface area contributed by atoms with Crippen LogP contribution >= 0.6 is 0 Å². The normalized spacial score (nSPS) is 19.8. The molecule has 0 aromatic carbocycles. The Bertz CT molecular complexity index is 383. The summed E-state index contributed by atoms with van der Waals surface area (Å²) in [7, 11) is 1.67. The van der Waals surface area contributed by atoms with E-state index < -0.39 is 0 Å². The molecule has 1 N–H and O–H groups in total. The van der Waals surface area contributed by atoms with E-state index in [2.05, 4.69) is 28.2 Å². The average molecular weight is 263 g/mol. The zero-order valence-electron chi connectivity index (χ0n) is 12.1. The average Bonchev–Trinajstić information content (AvgIpc) is 2.87. The highest BCUT2D eigenvalue weighted by Gasteiger charge is 2.24. The molecule has 1 fully saturated rings. The molecular weight excluding hydrogens is 238 g/mol. The maximum Gasteiger partial charge on any atom is 0.213 e. The standard InChI is InChI=1S/C15H25N3O/c1-3-9-16-11-14-7-5-10-18(14)12-13-6-4-8-15(17-13)19-2/h4,6,8,14,16H,3,5,7,9-12H2,1-2H3. The Kier molecular flexibility index (Phi) is 5.61. The molecule has 0 radical (unpaired) electrons. The number of hydrogen-bond donors (Lipinski definition) is 1. The second-order valence-corrected chi connectivity index (χ2v) is 5.14. The van der Waals surface area contributed by atoms with Crippen LogP contribution in [0.25, 0.3) is 0 Å². The summed E-state index contributed by atoms with van der Waals surface area (Å²) >= 11 is 0. The Morgan fingerprint density at radius 3 is 3.16 bits per heavy atom. The van der Waals surface area contributed by atoms with Gasteiger partial charge in [0.25, 0.3) is 0 Å². The van der Waals surface area contributed by atoms with Crippen LogP contribution in [0.15, 0.2) is 18.2 Å². The zero-order valence-corrected chi connectivity index (χ0v) is 12.1. The van der Waals surface area contributed by atoms with E-state index in [-0.39, 0.29) is 0 Å². The Morgan fingerprint density at radius 2 is 2.37 bits per heavy atom. The van der Waals surface area contributed by atoms with E-state index in [9.17, 15) is 0 Å². The molecule has 1 atom stereocenters. The van der Waals surface area contributed by atoms with Gasteiger partial charge in [0.1, 0.15) is 0 Å². The van der Waals surface area contributed by atoms with Gasteiger partial charge in [0.2, 0.25) is 5.88 Å². The fraction of sp³-hybridized carbons (Fsp3) is 0.667. The first-order valence-electron chi connectivity index (χ1n) is 7.28. The van der Waals surface area contributed by atoms with Crippen molar-refractivity contribution < 1.29 is 4.74 Å². The molecule has 1 aliphatic rings. The summed E-state index contributed by atoms with van der Waals surface area (Å²) in [6.07, 6.45) is 3.79. The highest BCUT2D eigenvalue weighted by molar-refractivity contribution is 5.15. The molecule has 0 spiro atoms. The van der Waals surface area contributed by atoms with Crippen molar-refractivity contribution in [3.8, 4) is 5.88 Å². The lowest BCUT2D eigenvalue weighted by atomic mass is 10.2. The predicted octanol–water partition coefficient (Wildman–Crippen LogP) is 2.05. The molecule has 106 valence electrons. The molecule has 19 heavy (non-hydrogen) atoms. The summed E-state index contributed by atoms with van der Waals surface area (Å²) in [5, 5.41) is 3.53. The molecule has 0 aliphatic carbocycles. The second kappa shape index (κ2) is 7.46. The van der Waals surface area contributed by atoms with Crippen molar-refractivity contribution in [2.24, 2.45) is 0 Å². The van der Waals surface area contributed by atoms with E-state index in [1.807, 2.05) is 12.1 Å². The summed E-state index contributed by atoms with van der Waals surface area (Å²) < 4.78 is 5.18. The van der Waals surface area contributed by atoms with Gasteiger partial charge in [-0.25, -0.2) is 4.98 Å². The third kappa shape index (κ3) is 4.18. The van der Waals surface area contributed by atoms with Crippen LogP contribution in [0, 0.1) is 0 Å². The SMILES string of the molecule is CCCNCC1CCCN1Cc1cccc(OC)n1. The number of rotatable bonds is 7. The van der Waals surface area contributed by atoms with Crippen molar-refractivity contribution in [3.63, 3.8) is 0 Å².